The number of ether oxygens (including phenoxy) is 1. The Balaban J connectivity index is 3.08. The maximum Gasteiger partial charge on any atom is 0.330 e. The minimum atomic E-state index is -0.417. The molecule has 0 saturated carbocycles. The molecule has 1 amide bonds. The SMILES string of the molecule is COC(=O)/C=C(\C)c1ccccc1NC(C)=O. The highest BCUT2D eigenvalue weighted by Crippen LogP contribution is 2.23. The van der Waals surface area contributed by atoms with Gasteiger partial charge in [0.2, 0.25) is 5.91 Å². The van der Waals surface area contributed by atoms with Gasteiger partial charge in [-0.05, 0) is 18.6 Å². The zero-order valence-electron chi connectivity index (χ0n) is 10.1. The zero-order chi connectivity index (χ0) is 12.8. The van der Waals surface area contributed by atoms with Crippen molar-refractivity contribution in [2.75, 3.05) is 12.4 Å². The fraction of sp³-hybridized carbons (Fsp3) is 0.231. The van der Waals surface area contributed by atoms with Crippen LogP contribution in [0.1, 0.15) is 19.4 Å². The number of anilines is 1. The van der Waals surface area contributed by atoms with Gasteiger partial charge in [0.15, 0.2) is 0 Å². The van der Waals surface area contributed by atoms with E-state index in [1.54, 1.807) is 13.0 Å². The van der Waals surface area contributed by atoms with Gasteiger partial charge in [-0.1, -0.05) is 18.2 Å². The molecule has 1 rings (SSSR count). The normalized spacial score (nSPS) is 10.9. The number of hydrogen-bond acceptors (Lipinski definition) is 3. The Kier molecular flexibility index (Phi) is 4.46. The maximum absolute atomic E-state index is 11.1. The molecule has 0 fully saturated rings. The van der Waals surface area contributed by atoms with Gasteiger partial charge in [-0.2, -0.15) is 0 Å². The van der Waals surface area contributed by atoms with Gasteiger partial charge in [0.25, 0.3) is 0 Å². The molecule has 1 aromatic carbocycles. The minimum Gasteiger partial charge on any atom is -0.466 e. The van der Waals surface area contributed by atoms with Crippen LogP contribution >= 0.6 is 0 Å². The van der Waals surface area contributed by atoms with Crippen LogP contribution in [0.15, 0.2) is 30.3 Å². The van der Waals surface area contributed by atoms with Gasteiger partial charge in [0, 0.05) is 24.3 Å². The first kappa shape index (κ1) is 13.0. The second-order valence-corrected chi connectivity index (χ2v) is 3.58. The Hall–Kier alpha value is -2.10. The summed E-state index contributed by atoms with van der Waals surface area (Å²) in [6, 6.07) is 7.28. The zero-order valence-corrected chi connectivity index (χ0v) is 10.1. The highest BCUT2D eigenvalue weighted by molar-refractivity contribution is 5.96. The first-order chi connectivity index (χ1) is 8.04. The molecule has 0 aliphatic rings. The Morgan fingerprint density at radius 2 is 1.88 bits per heavy atom. The standard InChI is InChI=1S/C13H15NO3/c1-9(8-13(16)17-3)11-6-4-5-7-12(11)14-10(2)15/h4-8H,1-3H3,(H,14,15)/b9-8+. The lowest BCUT2D eigenvalue weighted by Crippen LogP contribution is -2.07. The second-order valence-electron chi connectivity index (χ2n) is 3.58. The fourth-order valence-corrected chi connectivity index (χ4v) is 1.44. The lowest BCUT2D eigenvalue weighted by molar-refractivity contribution is -0.134. The predicted octanol–water partition coefficient (Wildman–Crippen LogP) is 2.22. The van der Waals surface area contributed by atoms with Crippen molar-refractivity contribution in [1.82, 2.24) is 0 Å². The summed E-state index contributed by atoms with van der Waals surface area (Å²) >= 11 is 0. The van der Waals surface area contributed by atoms with E-state index >= 15 is 0 Å². The highest BCUT2D eigenvalue weighted by atomic mass is 16.5. The molecule has 4 nitrogen and oxygen atoms in total. The van der Waals surface area contributed by atoms with Crippen LogP contribution in [0, 0.1) is 0 Å². The molecule has 0 unspecified atom stereocenters. The van der Waals surface area contributed by atoms with Gasteiger partial charge in [-0.25, -0.2) is 4.79 Å². The topological polar surface area (TPSA) is 55.4 Å². The molecular formula is C13H15NO3. The molecule has 0 heterocycles. The van der Waals surface area contributed by atoms with E-state index in [9.17, 15) is 9.59 Å². The van der Waals surface area contributed by atoms with E-state index in [1.165, 1.54) is 20.1 Å². The molecule has 1 aromatic rings. The summed E-state index contributed by atoms with van der Waals surface area (Å²) in [4.78, 5) is 22.2. The summed E-state index contributed by atoms with van der Waals surface area (Å²) in [6.07, 6.45) is 1.39. The van der Waals surface area contributed by atoms with Crippen molar-refractivity contribution in [2.24, 2.45) is 0 Å². The molecule has 0 aliphatic heterocycles. The maximum atomic E-state index is 11.1. The van der Waals surface area contributed by atoms with Crippen LogP contribution in [0.25, 0.3) is 5.57 Å². The molecule has 0 spiro atoms. The Bertz CT molecular complexity index is 463. The smallest absolute Gasteiger partial charge is 0.330 e. The molecule has 0 atom stereocenters. The molecular weight excluding hydrogens is 218 g/mol. The van der Waals surface area contributed by atoms with Gasteiger partial charge < -0.3 is 10.1 Å². The summed E-state index contributed by atoms with van der Waals surface area (Å²) in [5.41, 5.74) is 2.21. The first-order valence-corrected chi connectivity index (χ1v) is 5.18. The van der Waals surface area contributed by atoms with E-state index in [0.29, 0.717) is 5.69 Å². The average molecular weight is 233 g/mol. The van der Waals surface area contributed by atoms with E-state index in [4.69, 9.17) is 0 Å². The summed E-state index contributed by atoms with van der Waals surface area (Å²) < 4.78 is 4.56. The van der Waals surface area contributed by atoms with Gasteiger partial charge in [0.1, 0.15) is 0 Å². The Morgan fingerprint density at radius 3 is 2.47 bits per heavy atom. The number of benzene rings is 1. The molecule has 0 aliphatic carbocycles. The van der Waals surface area contributed by atoms with Crippen LogP contribution in [0.2, 0.25) is 0 Å². The number of carbonyl (C=O) groups is 2. The monoisotopic (exact) mass is 233 g/mol. The van der Waals surface area contributed by atoms with Crippen molar-refractivity contribution >= 4 is 23.1 Å². The highest BCUT2D eigenvalue weighted by Gasteiger charge is 2.06. The molecule has 0 aromatic heterocycles. The number of nitrogens with one attached hydrogen (secondary N) is 1. The molecule has 0 saturated heterocycles. The van der Waals surface area contributed by atoms with Gasteiger partial charge in [-0.3, -0.25) is 4.79 Å². The van der Waals surface area contributed by atoms with E-state index in [2.05, 4.69) is 10.1 Å². The van der Waals surface area contributed by atoms with Crippen molar-refractivity contribution in [3.63, 3.8) is 0 Å². The minimum absolute atomic E-state index is 0.150. The number of amides is 1. The van der Waals surface area contributed by atoms with Crippen molar-refractivity contribution in [2.45, 2.75) is 13.8 Å². The third-order valence-electron chi connectivity index (χ3n) is 2.20. The quantitative estimate of drug-likeness (QED) is 0.643. The number of hydrogen-bond donors (Lipinski definition) is 1. The van der Waals surface area contributed by atoms with Crippen molar-refractivity contribution < 1.29 is 14.3 Å². The molecule has 4 heteroatoms. The van der Waals surface area contributed by atoms with Gasteiger partial charge in [0.05, 0.1) is 7.11 Å². The number of methoxy groups -OCH3 is 1. The van der Waals surface area contributed by atoms with Gasteiger partial charge >= 0.3 is 5.97 Å². The van der Waals surface area contributed by atoms with Crippen molar-refractivity contribution in [3.05, 3.63) is 35.9 Å². The summed E-state index contributed by atoms with van der Waals surface area (Å²) in [5, 5.41) is 2.71. The lowest BCUT2D eigenvalue weighted by atomic mass is 10.0. The van der Waals surface area contributed by atoms with Crippen molar-refractivity contribution in [3.8, 4) is 0 Å². The summed E-state index contributed by atoms with van der Waals surface area (Å²) in [6.45, 7) is 3.23. The van der Waals surface area contributed by atoms with E-state index in [-0.39, 0.29) is 5.91 Å². The van der Waals surface area contributed by atoms with E-state index in [1.807, 2.05) is 18.2 Å². The predicted molar refractivity (Wildman–Crippen MR) is 66.4 cm³/mol. The number of allylic oxidation sites excluding steroid dienone is 1. The first-order valence-electron chi connectivity index (χ1n) is 5.18. The summed E-state index contributed by atoms with van der Waals surface area (Å²) in [5.74, 6) is -0.566. The van der Waals surface area contributed by atoms with E-state index in [0.717, 1.165) is 11.1 Å². The number of carbonyl (C=O) groups excluding carboxylic acids is 2. The van der Waals surface area contributed by atoms with Crippen LogP contribution in [0.4, 0.5) is 5.69 Å². The molecule has 0 bridgehead atoms. The Morgan fingerprint density at radius 1 is 1.24 bits per heavy atom. The lowest BCUT2D eigenvalue weighted by Gasteiger charge is -2.09. The van der Waals surface area contributed by atoms with Crippen molar-refractivity contribution in [1.29, 1.82) is 0 Å². The third kappa shape index (κ3) is 3.75. The average Bonchev–Trinajstić information content (AvgIpc) is 2.28. The molecule has 0 radical (unpaired) electrons. The second kappa shape index (κ2) is 5.84. The Labute approximate surface area is 100 Å². The molecule has 17 heavy (non-hydrogen) atoms. The van der Waals surface area contributed by atoms with Crippen LogP contribution in [0.5, 0.6) is 0 Å². The largest absolute Gasteiger partial charge is 0.466 e. The van der Waals surface area contributed by atoms with E-state index < -0.39 is 5.97 Å². The van der Waals surface area contributed by atoms with Crippen LogP contribution in [0.3, 0.4) is 0 Å². The van der Waals surface area contributed by atoms with Crippen LogP contribution in [-0.2, 0) is 14.3 Å². The molecule has 1 N–H and O–H groups in total. The van der Waals surface area contributed by atoms with Crippen LogP contribution < -0.4 is 5.32 Å². The van der Waals surface area contributed by atoms with Gasteiger partial charge in [-0.15, -0.1) is 0 Å². The van der Waals surface area contributed by atoms with Crippen LogP contribution in [-0.4, -0.2) is 19.0 Å². The number of esters is 1. The molecule has 90 valence electrons. The summed E-state index contributed by atoms with van der Waals surface area (Å²) in [7, 11) is 1.33. The third-order valence-corrected chi connectivity index (χ3v) is 2.20. The number of para-hydroxylation sites is 1. The number of rotatable bonds is 3. The fourth-order valence-electron chi connectivity index (χ4n) is 1.44.